The van der Waals surface area contributed by atoms with E-state index in [0.29, 0.717) is 5.56 Å². The van der Waals surface area contributed by atoms with E-state index < -0.39 is 19.7 Å². The van der Waals surface area contributed by atoms with Gasteiger partial charge in [-0.15, -0.1) is 0 Å². The van der Waals surface area contributed by atoms with Crippen LogP contribution >= 0.6 is 0 Å². The van der Waals surface area contributed by atoms with Crippen molar-refractivity contribution >= 4 is 7.47 Å². The van der Waals surface area contributed by atoms with Gasteiger partial charge in [-0.3, -0.25) is 8.63 Å². The summed E-state index contributed by atoms with van der Waals surface area (Å²) in [6, 6.07) is 8.11. The Labute approximate surface area is 81.1 Å². The quantitative estimate of drug-likeness (QED) is 0.681. The highest BCUT2D eigenvalue weighted by atomic mass is 19.2. The molecule has 0 aliphatic carbocycles. The van der Waals surface area contributed by atoms with E-state index in [1.54, 1.807) is 18.2 Å². The average molecular weight is 202 g/mol. The van der Waals surface area contributed by atoms with Crippen LogP contribution in [0.25, 0.3) is 0 Å². The van der Waals surface area contributed by atoms with Crippen molar-refractivity contribution < 1.29 is 17.7 Å². The summed E-state index contributed by atoms with van der Waals surface area (Å²) in [4.78, 5) is 0. The largest absolute Gasteiger partial charge is 0.721 e. The minimum atomic E-state index is -2.94. The van der Waals surface area contributed by atoms with Crippen LogP contribution in [0, 0.1) is 0 Å². The first-order chi connectivity index (χ1) is 6.61. The van der Waals surface area contributed by atoms with E-state index in [1.807, 2.05) is 0 Å². The Balaban J connectivity index is 2.61. The van der Waals surface area contributed by atoms with E-state index in [-0.39, 0.29) is 0 Å². The summed E-state index contributed by atoms with van der Waals surface area (Å²) < 4.78 is 41.0. The van der Waals surface area contributed by atoms with E-state index >= 15 is 0 Å². The molecule has 0 aliphatic heterocycles. The predicted molar refractivity (Wildman–Crippen MR) is 48.8 cm³/mol. The normalized spacial score (nSPS) is 14.9. The number of benzene rings is 1. The summed E-state index contributed by atoms with van der Waals surface area (Å²) in [5.74, 6) is 0. The molecular formula is C9H10BF3O. The first-order valence-electron chi connectivity index (χ1n) is 4.24. The second kappa shape index (κ2) is 5.05. The van der Waals surface area contributed by atoms with Crippen LogP contribution in [0.2, 0.25) is 0 Å². The summed E-state index contributed by atoms with van der Waals surface area (Å²) in [6.45, 7) is 1.28. The lowest BCUT2D eigenvalue weighted by Crippen LogP contribution is -2.21. The fraction of sp³-hybridized carbons (Fsp3) is 0.333. The monoisotopic (exact) mass is 202 g/mol. The van der Waals surface area contributed by atoms with Crippen molar-refractivity contribution in [3.05, 3.63) is 35.9 Å². The summed E-state index contributed by atoms with van der Waals surface area (Å²) in [6.07, 6.45) is -2.66. The van der Waals surface area contributed by atoms with Crippen LogP contribution in [-0.4, -0.2) is 13.6 Å². The lowest BCUT2D eigenvalue weighted by molar-refractivity contribution is 0.0899. The predicted octanol–water partition coefficient (Wildman–Crippen LogP) is 3.03. The Morgan fingerprint density at radius 1 is 1.21 bits per heavy atom. The van der Waals surface area contributed by atoms with E-state index in [9.17, 15) is 13.0 Å². The standard InChI is InChI=1S/C9H10BF3O/c1-7(14-10(12)13)9(11)8-5-3-2-4-6-8/h2-7,9H,1H3/t7-,9+/m1/s1. The average Bonchev–Trinajstić information content (AvgIpc) is 2.17. The van der Waals surface area contributed by atoms with Crippen LogP contribution in [-0.2, 0) is 4.65 Å². The van der Waals surface area contributed by atoms with Gasteiger partial charge in [0.15, 0.2) is 0 Å². The molecule has 0 saturated carbocycles. The smallest absolute Gasteiger partial charge is 0.373 e. The van der Waals surface area contributed by atoms with Gasteiger partial charge in [0.05, 0.1) is 6.10 Å². The molecule has 0 N–H and O–H groups in total. The lowest BCUT2D eigenvalue weighted by atomic mass is 10.1. The van der Waals surface area contributed by atoms with E-state index in [0.717, 1.165) is 0 Å². The van der Waals surface area contributed by atoms with Crippen molar-refractivity contribution in [3.63, 3.8) is 0 Å². The zero-order valence-electron chi connectivity index (χ0n) is 7.66. The minimum absolute atomic E-state index is 0.348. The number of hydrogen-bond donors (Lipinski definition) is 0. The number of rotatable bonds is 4. The molecule has 5 heteroatoms. The number of alkyl halides is 1. The molecule has 1 nitrogen and oxygen atoms in total. The third kappa shape index (κ3) is 3.07. The molecule has 0 aliphatic rings. The fourth-order valence-electron chi connectivity index (χ4n) is 1.14. The van der Waals surface area contributed by atoms with Gasteiger partial charge in [0, 0.05) is 0 Å². The minimum Gasteiger partial charge on any atom is -0.373 e. The van der Waals surface area contributed by atoms with Gasteiger partial charge >= 0.3 is 7.47 Å². The molecule has 1 aromatic carbocycles. The maximum atomic E-state index is 13.4. The maximum Gasteiger partial charge on any atom is 0.721 e. The van der Waals surface area contributed by atoms with Crippen molar-refractivity contribution in [2.45, 2.75) is 19.2 Å². The molecule has 0 spiro atoms. The molecule has 0 bridgehead atoms. The maximum absolute atomic E-state index is 13.4. The van der Waals surface area contributed by atoms with Gasteiger partial charge in [-0.25, -0.2) is 4.39 Å². The summed E-state index contributed by atoms with van der Waals surface area (Å²) in [5.41, 5.74) is 0.348. The highest BCUT2D eigenvalue weighted by molar-refractivity contribution is 6.34. The van der Waals surface area contributed by atoms with Gasteiger partial charge in [0.1, 0.15) is 6.17 Å². The van der Waals surface area contributed by atoms with Crippen LogP contribution in [0.5, 0.6) is 0 Å². The molecule has 76 valence electrons. The molecule has 0 heterocycles. The Bertz CT molecular complexity index is 268. The van der Waals surface area contributed by atoms with Gasteiger partial charge in [0.2, 0.25) is 0 Å². The van der Waals surface area contributed by atoms with Crippen LogP contribution in [0.4, 0.5) is 13.0 Å². The summed E-state index contributed by atoms with van der Waals surface area (Å²) in [7, 11) is -2.94. The Morgan fingerprint density at radius 2 is 1.79 bits per heavy atom. The molecule has 0 unspecified atom stereocenters. The van der Waals surface area contributed by atoms with Crippen LogP contribution < -0.4 is 0 Å². The summed E-state index contributed by atoms with van der Waals surface area (Å²) >= 11 is 0. The zero-order valence-corrected chi connectivity index (χ0v) is 7.66. The van der Waals surface area contributed by atoms with Gasteiger partial charge < -0.3 is 4.65 Å². The molecule has 2 atom stereocenters. The van der Waals surface area contributed by atoms with Crippen LogP contribution in [0.3, 0.4) is 0 Å². The second-order valence-electron chi connectivity index (χ2n) is 2.91. The zero-order chi connectivity index (χ0) is 10.6. The molecule has 1 aromatic rings. The first-order valence-corrected chi connectivity index (χ1v) is 4.24. The third-order valence-corrected chi connectivity index (χ3v) is 1.85. The van der Waals surface area contributed by atoms with Crippen LogP contribution in [0.1, 0.15) is 18.7 Å². The first kappa shape index (κ1) is 11.1. The Kier molecular flexibility index (Phi) is 4.01. The number of halogens is 3. The third-order valence-electron chi connectivity index (χ3n) is 1.85. The number of hydrogen-bond acceptors (Lipinski definition) is 1. The van der Waals surface area contributed by atoms with Crippen molar-refractivity contribution in [2.75, 3.05) is 0 Å². The topological polar surface area (TPSA) is 9.23 Å². The molecular weight excluding hydrogens is 192 g/mol. The van der Waals surface area contributed by atoms with Crippen LogP contribution in [0.15, 0.2) is 30.3 Å². The SMILES string of the molecule is C[C@@H](OB(F)F)[C@H](F)c1ccccc1. The fourth-order valence-corrected chi connectivity index (χ4v) is 1.14. The van der Waals surface area contributed by atoms with E-state index in [4.69, 9.17) is 0 Å². The Hall–Kier alpha value is -0.965. The van der Waals surface area contributed by atoms with Gasteiger partial charge in [-0.1, -0.05) is 30.3 Å². The van der Waals surface area contributed by atoms with Gasteiger partial charge in [0.25, 0.3) is 0 Å². The van der Waals surface area contributed by atoms with E-state index in [1.165, 1.54) is 19.1 Å². The van der Waals surface area contributed by atoms with E-state index in [2.05, 4.69) is 4.65 Å². The lowest BCUT2D eigenvalue weighted by Gasteiger charge is -2.16. The molecule has 0 saturated heterocycles. The molecule has 0 amide bonds. The van der Waals surface area contributed by atoms with Gasteiger partial charge in [-0.05, 0) is 12.5 Å². The second-order valence-corrected chi connectivity index (χ2v) is 2.91. The Morgan fingerprint density at radius 3 is 2.29 bits per heavy atom. The highest BCUT2D eigenvalue weighted by Gasteiger charge is 2.26. The molecule has 0 aromatic heterocycles. The summed E-state index contributed by atoms with van der Waals surface area (Å²) in [5, 5.41) is 0. The molecule has 1 rings (SSSR count). The van der Waals surface area contributed by atoms with Crippen molar-refractivity contribution in [1.82, 2.24) is 0 Å². The molecule has 14 heavy (non-hydrogen) atoms. The van der Waals surface area contributed by atoms with Crippen molar-refractivity contribution in [1.29, 1.82) is 0 Å². The van der Waals surface area contributed by atoms with Crippen molar-refractivity contribution in [3.8, 4) is 0 Å². The highest BCUT2D eigenvalue weighted by Crippen LogP contribution is 2.23. The molecule has 0 fully saturated rings. The molecule has 0 radical (unpaired) electrons. The van der Waals surface area contributed by atoms with Crippen molar-refractivity contribution in [2.24, 2.45) is 0 Å². The van der Waals surface area contributed by atoms with Gasteiger partial charge in [-0.2, -0.15) is 0 Å².